The average Bonchev–Trinajstić information content (AvgIpc) is 2.68. The summed E-state index contributed by atoms with van der Waals surface area (Å²) in [7, 11) is 1.63. The van der Waals surface area contributed by atoms with Crippen molar-refractivity contribution in [2.45, 2.75) is 19.9 Å². The van der Waals surface area contributed by atoms with Crippen LogP contribution < -0.4 is 5.56 Å². The second-order valence-corrected chi connectivity index (χ2v) is 6.25. The number of amides is 1. The molecule has 0 bridgehead atoms. The molecule has 1 unspecified atom stereocenters. The standard InChI is InChI=1S/C20H19FN4O2/c1-13-9-11-25(16-6-4-15(21)5-7-16)20(27)18(13)19(26)24(3)14(2)17-8-10-22-12-23-17/h4-12,14H,1-3H3. The lowest BCUT2D eigenvalue weighted by Gasteiger charge is -2.25. The minimum Gasteiger partial charge on any atom is -0.333 e. The van der Waals surface area contributed by atoms with E-state index in [-0.39, 0.29) is 11.6 Å². The fraction of sp³-hybridized carbons (Fsp3) is 0.200. The van der Waals surface area contributed by atoms with Gasteiger partial charge in [-0.15, -0.1) is 0 Å². The topological polar surface area (TPSA) is 68.1 Å². The lowest BCUT2D eigenvalue weighted by atomic mass is 10.1. The number of halogens is 1. The summed E-state index contributed by atoms with van der Waals surface area (Å²) in [4.78, 5) is 35.5. The van der Waals surface area contributed by atoms with Crippen LogP contribution in [0.1, 0.15) is 34.6 Å². The molecule has 0 radical (unpaired) electrons. The smallest absolute Gasteiger partial charge is 0.268 e. The quantitative estimate of drug-likeness (QED) is 0.712. The molecule has 1 aromatic carbocycles. The number of nitrogens with zero attached hydrogens (tertiary/aromatic N) is 4. The summed E-state index contributed by atoms with van der Waals surface area (Å²) in [5, 5.41) is 0. The zero-order chi connectivity index (χ0) is 19.6. The van der Waals surface area contributed by atoms with Gasteiger partial charge in [0.15, 0.2) is 0 Å². The Morgan fingerprint density at radius 3 is 2.52 bits per heavy atom. The molecule has 0 aliphatic carbocycles. The van der Waals surface area contributed by atoms with Crippen molar-refractivity contribution in [1.29, 1.82) is 0 Å². The summed E-state index contributed by atoms with van der Waals surface area (Å²) in [6.07, 6.45) is 4.60. The number of carbonyl (C=O) groups excluding carboxylic acids is 1. The molecule has 0 saturated carbocycles. The number of pyridine rings is 1. The van der Waals surface area contributed by atoms with Gasteiger partial charge in [0.05, 0.1) is 11.7 Å². The van der Waals surface area contributed by atoms with Gasteiger partial charge in [-0.2, -0.15) is 0 Å². The maximum atomic E-state index is 13.2. The van der Waals surface area contributed by atoms with Crippen LogP contribution in [0.15, 0.2) is 59.9 Å². The SMILES string of the molecule is Cc1ccn(-c2ccc(F)cc2)c(=O)c1C(=O)N(C)C(C)c1ccncn1. The van der Waals surface area contributed by atoms with Crippen molar-refractivity contribution in [3.63, 3.8) is 0 Å². The van der Waals surface area contributed by atoms with E-state index < -0.39 is 17.3 Å². The fourth-order valence-corrected chi connectivity index (χ4v) is 2.79. The van der Waals surface area contributed by atoms with Crippen LogP contribution in [0.2, 0.25) is 0 Å². The first-order valence-electron chi connectivity index (χ1n) is 8.41. The van der Waals surface area contributed by atoms with E-state index in [4.69, 9.17) is 0 Å². The molecule has 138 valence electrons. The highest BCUT2D eigenvalue weighted by Crippen LogP contribution is 2.19. The highest BCUT2D eigenvalue weighted by atomic mass is 19.1. The Morgan fingerprint density at radius 2 is 1.89 bits per heavy atom. The van der Waals surface area contributed by atoms with E-state index in [9.17, 15) is 14.0 Å². The van der Waals surface area contributed by atoms with E-state index in [1.807, 2.05) is 6.92 Å². The summed E-state index contributed by atoms with van der Waals surface area (Å²) >= 11 is 0. The lowest BCUT2D eigenvalue weighted by molar-refractivity contribution is 0.0736. The number of aromatic nitrogens is 3. The van der Waals surface area contributed by atoms with E-state index in [2.05, 4.69) is 9.97 Å². The number of benzene rings is 1. The van der Waals surface area contributed by atoms with Crippen molar-refractivity contribution in [2.24, 2.45) is 0 Å². The third-order valence-corrected chi connectivity index (χ3v) is 4.55. The van der Waals surface area contributed by atoms with Gasteiger partial charge in [0.2, 0.25) is 0 Å². The molecule has 0 saturated heterocycles. The van der Waals surface area contributed by atoms with Gasteiger partial charge >= 0.3 is 0 Å². The van der Waals surface area contributed by atoms with Crippen LogP contribution in [0.4, 0.5) is 4.39 Å². The van der Waals surface area contributed by atoms with Gasteiger partial charge in [-0.05, 0) is 55.8 Å². The van der Waals surface area contributed by atoms with Gasteiger partial charge in [0, 0.05) is 25.1 Å². The molecule has 0 spiro atoms. The van der Waals surface area contributed by atoms with E-state index in [1.54, 1.807) is 38.5 Å². The zero-order valence-electron chi connectivity index (χ0n) is 15.3. The second kappa shape index (κ2) is 7.49. The van der Waals surface area contributed by atoms with Crippen LogP contribution in [-0.4, -0.2) is 32.4 Å². The van der Waals surface area contributed by atoms with Crippen LogP contribution >= 0.6 is 0 Å². The molecule has 2 aromatic heterocycles. The molecule has 2 heterocycles. The Kier molecular flexibility index (Phi) is 5.12. The molecule has 6 nitrogen and oxygen atoms in total. The Bertz CT molecular complexity index is 1020. The molecule has 0 aliphatic heterocycles. The summed E-state index contributed by atoms with van der Waals surface area (Å²) in [5.74, 6) is -0.798. The van der Waals surface area contributed by atoms with Crippen molar-refractivity contribution in [1.82, 2.24) is 19.4 Å². The van der Waals surface area contributed by atoms with Gasteiger partial charge in [-0.1, -0.05) is 0 Å². The Balaban J connectivity index is 2.00. The maximum Gasteiger partial charge on any atom is 0.268 e. The molecule has 27 heavy (non-hydrogen) atoms. The second-order valence-electron chi connectivity index (χ2n) is 6.25. The summed E-state index contributed by atoms with van der Waals surface area (Å²) < 4.78 is 14.5. The number of carbonyl (C=O) groups is 1. The highest BCUT2D eigenvalue weighted by molar-refractivity contribution is 5.95. The summed E-state index contributed by atoms with van der Waals surface area (Å²) in [6.45, 7) is 3.55. The third-order valence-electron chi connectivity index (χ3n) is 4.55. The van der Waals surface area contributed by atoms with E-state index >= 15 is 0 Å². The molecule has 7 heteroatoms. The first-order valence-corrected chi connectivity index (χ1v) is 8.41. The predicted octanol–water partition coefficient (Wildman–Crippen LogP) is 2.91. The van der Waals surface area contributed by atoms with Crippen molar-refractivity contribution >= 4 is 5.91 Å². The van der Waals surface area contributed by atoms with Gasteiger partial charge in [0.1, 0.15) is 17.7 Å². The zero-order valence-corrected chi connectivity index (χ0v) is 15.3. The van der Waals surface area contributed by atoms with Crippen LogP contribution in [0.5, 0.6) is 0 Å². The molecule has 0 N–H and O–H groups in total. The van der Waals surface area contributed by atoms with Crippen LogP contribution in [-0.2, 0) is 0 Å². The molecule has 0 fully saturated rings. The first-order chi connectivity index (χ1) is 12.9. The normalized spacial score (nSPS) is 11.9. The lowest BCUT2D eigenvalue weighted by Crippen LogP contribution is -2.36. The predicted molar refractivity (Wildman–Crippen MR) is 99.3 cm³/mol. The Labute approximate surface area is 155 Å². The minimum atomic E-state index is -0.451. The number of hydrogen-bond donors (Lipinski definition) is 0. The van der Waals surface area contributed by atoms with Crippen LogP contribution in [0.25, 0.3) is 5.69 Å². The summed E-state index contributed by atoms with van der Waals surface area (Å²) in [6, 6.07) is 8.61. The van der Waals surface area contributed by atoms with Gasteiger partial charge in [-0.3, -0.25) is 14.2 Å². The highest BCUT2D eigenvalue weighted by Gasteiger charge is 2.24. The van der Waals surface area contributed by atoms with Crippen LogP contribution in [0, 0.1) is 12.7 Å². The summed E-state index contributed by atoms with van der Waals surface area (Å²) in [5.41, 5.74) is 1.36. The number of rotatable bonds is 4. The molecule has 3 rings (SSSR count). The fourth-order valence-electron chi connectivity index (χ4n) is 2.79. The van der Waals surface area contributed by atoms with Gasteiger partial charge < -0.3 is 4.90 Å². The largest absolute Gasteiger partial charge is 0.333 e. The van der Waals surface area contributed by atoms with Crippen molar-refractivity contribution < 1.29 is 9.18 Å². The van der Waals surface area contributed by atoms with Crippen molar-refractivity contribution in [2.75, 3.05) is 7.05 Å². The average molecular weight is 366 g/mol. The van der Waals surface area contributed by atoms with E-state index in [1.165, 1.54) is 40.1 Å². The van der Waals surface area contributed by atoms with Gasteiger partial charge in [0.25, 0.3) is 11.5 Å². The Morgan fingerprint density at radius 1 is 1.19 bits per heavy atom. The van der Waals surface area contributed by atoms with E-state index in [0.717, 1.165) is 0 Å². The number of aryl methyl sites for hydroxylation is 1. The first kappa shape index (κ1) is 18.4. The van der Waals surface area contributed by atoms with Crippen molar-refractivity contribution in [3.05, 3.63) is 88.1 Å². The molecular weight excluding hydrogens is 347 g/mol. The monoisotopic (exact) mass is 366 g/mol. The van der Waals surface area contributed by atoms with Crippen molar-refractivity contribution in [3.8, 4) is 5.69 Å². The Hall–Kier alpha value is -3.35. The van der Waals surface area contributed by atoms with E-state index in [0.29, 0.717) is 16.9 Å². The minimum absolute atomic E-state index is 0.0743. The van der Waals surface area contributed by atoms with Crippen LogP contribution in [0.3, 0.4) is 0 Å². The molecule has 3 aromatic rings. The molecular formula is C20H19FN4O2. The maximum absolute atomic E-state index is 13.2. The van der Waals surface area contributed by atoms with Gasteiger partial charge in [-0.25, -0.2) is 14.4 Å². The third kappa shape index (κ3) is 3.62. The molecule has 1 amide bonds. The number of hydrogen-bond acceptors (Lipinski definition) is 4. The molecule has 0 aliphatic rings. The molecule has 1 atom stereocenters.